The Morgan fingerprint density at radius 1 is 0.244 bits per heavy atom. The summed E-state index contributed by atoms with van der Waals surface area (Å²) < 4.78 is 4.93. The summed E-state index contributed by atoms with van der Waals surface area (Å²) in [6, 6.07) is 120. The highest BCUT2D eigenvalue weighted by Crippen LogP contribution is 2.62. The molecule has 2 aromatic heterocycles. The van der Waals surface area contributed by atoms with E-state index in [2.05, 4.69) is 336 Å². The van der Waals surface area contributed by atoms with Crippen molar-refractivity contribution in [2.45, 2.75) is 5.41 Å². The van der Waals surface area contributed by atoms with Crippen LogP contribution in [0.2, 0.25) is 0 Å². The Bertz CT molecular complexity index is 5380. The van der Waals surface area contributed by atoms with Crippen molar-refractivity contribution < 1.29 is 0 Å². The normalized spacial score (nSPS) is 13.9. The number of benzene rings is 14. The molecule has 3 heteroatoms. The molecule has 18 rings (SSSR count). The predicted molar refractivity (Wildman–Crippen MR) is 360 cm³/mol. The molecule has 0 radical (unpaired) electrons. The Balaban J connectivity index is 0.821. The van der Waals surface area contributed by atoms with Crippen molar-refractivity contribution >= 4 is 71.4 Å². The van der Waals surface area contributed by atoms with Crippen LogP contribution in [0, 0.1) is 0 Å². The lowest BCUT2D eigenvalue weighted by atomic mass is 9.65. The number of rotatable bonds is 8. The Hall–Kier alpha value is -11.3. The standard InChI is InChI=1S/C83H53N3/c1-2-22-55(23-3-1)60-26-4-5-27-62(60)66-31-9-15-39-76(66)84(58-47-44-54(45-48-58)56-24-20-25-59(52-56)85-77-40-16-10-32-68(77)69-33-11-17-41-78(69)85)80-51-50-61(63-28-6-7-30-67(63)80)57-46-49-65-64-29-8-13-36-72(64)83(75(65)53-57)73-37-14-19-43-81(73)86-79-42-18-12-34-70(79)71-35-21-38-74(83)82(71)86/h1-53H. The molecule has 1 aliphatic heterocycles. The van der Waals surface area contributed by atoms with E-state index in [-0.39, 0.29) is 0 Å². The second-order valence-corrected chi connectivity index (χ2v) is 23.0. The Morgan fingerprint density at radius 3 is 1.53 bits per heavy atom. The summed E-state index contributed by atoms with van der Waals surface area (Å²) in [6.07, 6.45) is 0. The van der Waals surface area contributed by atoms with Crippen molar-refractivity contribution in [1.29, 1.82) is 0 Å². The highest BCUT2D eigenvalue weighted by molar-refractivity contribution is 6.14. The molecule has 1 unspecified atom stereocenters. The molecular weight excluding hydrogens is 1040 g/mol. The summed E-state index contributed by atoms with van der Waals surface area (Å²) in [4.78, 5) is 2.49. The van der Waals surface area contributed by atoms with Gasteiger partial charge in [0, 0.05) is 43.9 Å². The van der Waals surface area contributed by atoms with Crippen molar-refractivity contribution in [2.24, 2.45) is 0 Å². The zero-order valence-electron chi connectivity index (χ0n) is 46.9. The minimum atomic E-state index is -0.562. The van der Waals surface area contributed by atoms with Crippen LogP contribution in [0.3, 0.4) is 0 Å². The maximum atomic E-state index is 2.53. The van der Waals surface area contributed by atoms with Gasteiger partial charge in [0.15, 0.2) is 0 Å². The molecule has 86 heavy (non-hydrogen) atoms. The van der Waals surface area contributed by atoms with Gasteiger partial charge in [-0.25, -0.2) is 0 Å². The van der Waals surface area contributed by atoms with Gasteiger partial charge < -0.3 is 14.0 Å². The van der Waals surface area contributed by atoms with Crippen molar-refractivity contribution in [3.05, 3.63) is 344 Å². The highest BCUT2D eigenvalue weighted by Gasteiger charge is 2.51. The van der Waals surface area contributed by atoms with E-state index in [9.17, 15) is 0 Å². The number of para-hydroxylation sites is 6. The van der Waals surface area contributed by atoms with Crippen LogP contribution in [-0.4, -0.2) is 9.13 Å². The van der Waals surface area contributed by atoms with Gasteiger partial charge in [0.1, 0.15) is 0 Å². The molecule has 16 aromatic rings. The minimum absolute atomic E-state index is 0.562. The van der Waals surface area contributed by atoms with E-state index in [1.807, 2.05) is 0 Å². The molecule has 0 bridgehead atoms. The average Bonchev–Trinajstić information content (AvgIpc) is 1.49. The third kappa shape index (κ3) is 6.91. The number of hydrogen-bond acceptors (Lipinski definition) is 1. The lowest BCUT2D eigenvalue weighted by Gasteiger charge is -2.39. The Morgan fingerprint density at radius 2 is 0.767 bits per heavy atom. The van der Waals surface area contributed by atoms with Crippen LogP contribution < -0.4 is 4.90 Å². The van der Waals surface area contributed by atoms with Gasteiger partial charge in [-0.1, -0.05) is 255 Å². The lowest BCUT2D eigenvalue weighted by Crippen LogP contribution is -2.33. The van der Waals surface area contributed by atoms with Gasteiger partial charge in [-0.2, -0.15) is 0 Å². The molecule has 0 fully saturated rings. The van der Waals surface area contributed by atoms with Gasteiger partial charge in [0.25, 0.3) is 0 Å². The first-order valence-electron chi connectivity index (χ1n) is 29.8. The molecular formula is C83H53N3. The van der Waals surface area contributed by atoms with Crippen LogP contribution in [0.1, 0.15) is 22.3 Å². The quantitative estimate of drug-likeness (QED) is 0.148. The molecule has 0 amide bonds. The highest BCUT2D eigenvalue weighted by atomic mass is 15.1. The summed E-state index contributed by atoms with van der Waals surface area (Å²) >= 11 is 0. The first kappa shape index (κ1) is 48.3. The molecule has 400 valence electrons. The maximum Gasteiger partial charge on any atom is 0.0754 e. The first-order valence-corrected chi connectivity index (χ1v) is 29.8. The van der Waals surface area contributed by atoms with E-state index in [1.54, 1.807) is 0 Å². The maximum absolute atomic E-state index is 2.53. The van der Waals surface area contributed by atoms with Gasteiger partial charge in [0.2, 0.25) is 0 Å². The third-order valence-corrected chi connectivity index (χ3v) is 18.7. The fourth-order valence-corrected chi connectivity index (χ4v) is 15.2. The molecule has 2 aliphatic rings. The second-order valence-electron chi connectivity index (χ2n) is 23.0. The van der Waals surface area contributed by atoms with Crippen LogP contribution in [0.4, 0.5) is 17.1 Å². The largest absolute Gasteiger partial charge is 0.309 e. The van der Waals surface area contributed by atoms with Crippen LogP contribution in [-0.2, 0) is 5.41 Å². The van der Waals surface area contributed by atoms with E-state index in [0.717, 1.165) is 44.8 Å². The molecule has 14 aromatic carbocycles. The summed E-state index contributed by atoms with van der Waals surface area (Å²) in [6.45, 7) is 0. The number of hydrogen-bond donors (Lipinski definition) is 0. The van der Waals surface area contributed by atoms with Crippen LogP contribution in [0.25, 0.3) is 121 Å². The number of nitrogens with zero attached hydrogens (tertiary/aromatic N) is 3. The molecule has 0 saturated heterocycles. The molecule has 1 spiro atoms. The summed E-state index contributed by atoms with van der Waals surface area (Å²) in [5.41, 5.74) is 27.2. The predicted octanol–water partition coefficient (Wildman–Crippen LogP) is 21.8. The van der Waals surface area contributed by atoms with Gasteiger partial charge in [-0.05, 0) is 144 Å². The third-order valence-electron chi connectivity index (χ3n) is 18.7. The van der Waals surface area contributed by atoms with Crippen molar-refractivity contribution in [2.75, 3.05) is 4.90 Å². The Kier molecular flexibility index (Phi) is 10.6. The minimum Gasteiger partial charge on any atom is -0.309 e. The summed E-state index contributed by atoms with van der Waals surface area (Å²) in [5.74, 6) is 0. The lowest BCUT2D eigenvalue weighted by molar-refractivity contribution is 0.749. The fraction of sp³-hybridized carbons (Fsp3) is 0.0120. The van der Waals surface area contributed by atoms with E-state index in [0.29, 0.717) is 0 Å². The monoisotopic (exact) mass is 1090 g/mol. The van der Waals surface area contributed by atoms with E-state index < -0.39 is 5.41 Å². The SMILES string of the molecule is c1ccc(-c2ccccc2-c2ccccc2N(c2ccc(-c3cccc(-n4c5ccccc5c5ccccc54)c3)cc2)c2ccc(-c3ccc4c(c3)C3(c5ccccc5-4)c4ccccc4-n4c5ccccc5c5cccc3c54)c3ccccc23)cc1. The molecule has 1 atom stereocenters. The molecule has 3 nitrogen and oxygen atoms in total. The topological polar surface area (TPSA) is 13.1 Å². The van der Waals surface area contributed by atoms with Crippen molar-refractivity contribution in [3.63, 3.8) is 0 Å². The Labute approximate surface area is 498 Å². The van der Waals surface area contributed by atoms with E-state index >= 15 is 0 Å². The molecule has 3 heterocycles. The second kappa shape index (κ2) is 18.9. The zero-order valence-corrected chi connectivity index (χ0v) is 46.9. The first-order chi connectivity index (χ1) is 42.7. The number of aromatic nitrogens is 2. The van der Waals surface area contributed by atoms with Gasteiger partial charge >= 0.3 is 0 Å². The number of anilines is 3. The fourth-order valence-electron chi connectivity index (χ4n) is 15.2. The van der Waals surface area contributed by atoms with Gasteiger partial charge in [-0.3, -0.25) is 0 Å². The van der Waals surface area contributed by atoms with Gasteiger partial charge in [0.05, 0.1) is 44.5 Å². The van der Waals surface area contributed by atoms with E-state index in [1.165, 1.54) is 116 Å². The van der Waals surface area contributed by atoms with Gasteiger partial charge in [-0.15, -0.1) is 0 Å². The zero-order chi connectivity index (χ0) is 56.5. The van der Waals surface area contributed by atoms with Crippen molar-refractivity contribution in [1.82, 2.24) is 9.13 Å². The molecule has 1 aliphatic carbocycles. The molecule has 0 N–H and O–H groups in total. The van der Waals surface area contributed by atoms with Crippen molar-refractivity contribution in [3.8, 4) is 67.0 Å². The van der Waals surface area contributed by atoms with Crippen LogP contribution in [0.15, 0.2) is 322 Å². The van der Waals surface area contributed by atoms with Crippen LogP contribution >= 0.6 is 0 Å². The van der Waals surface area contributed by atoms with E-state index in [4.69, 9.17) is 0 Å². The molecule has 0 saturated carbocycles. The summed E-state index contributed by atoms with van der Waals surface area (Å²) in [7, 11) is 0. The number of fused-ring (bicyclic) bond motifs is 16. The smallest absolute Gasteiger partial charge is 0.0754 e. The summed E-state index contributed by atoms with van der Waals surface area (Å²) in [5, 5.41) is 7.42. The average molecular weight is 1090 g/mol. The van der Waals surface area contributed by atoms with Crippen LogP contribution in [0.5, 0.6) is 0 Å².